The minimum Gasteiger partial charge on any atom is -0.376 e. The standard InChI is InChI=1S/C12H21B2O6P/c1-5-7(2)20-10-8(17-3)6-19-11(10)9(13)12(14)21(15,16)18-4/h7-8,10-11H,5-6H2,1-4H3,(H,15,16)/b12-9-/t7?,8-,10-,11+/m0/s1. The lowest BCUT2D eigenvalue weighted by atomic mass is 9.82. The molecule has 5 atom stereocenters. The molecule has 21 heavy (non-hydrogen) atoms. The van der Waals surface area contributed by atoms with Crippen LogP contribution in [0.5, 0.6) is 0 Å². The summed E-state index contributed by atoms with van der Waals surface area (Å²) in [5, 5.41) is -0.426. The predicted molar refractivity (Wildman–Crippen MR) is 80.5 cm³/mol. The Morgan fingerprint density at radius 2 is 2.10 bits per heavy atom. The summed E-state index contributed by atoms with van der Waals surface area (Å²) < 4.78 is 33.0. The van der Waals surface area contributed by atoms with E-state index in [4.69, 9.17) is 29.9 Å². The molecule has 0 spiro atoms. The molecule has 1 fully saturated rings. The Morgan fingerprint density at radius 1 is 1.48 bits per heavy atom. The zero-order valence-corrected chi connectivity index (χ0v) is 13.7. The van der Waals surface area contributed by atoms with Crippen molar-refractivity contribution in [2.24, 2.45) is 0 Å². The second-order valence-corrected chi connectivity index (χ2v) is 6.78. The van der Waals surface area contributed by atoms with Crippen LogP contribution < -0.4 is 0 Å². The first-order chi connectivity index (χ1) is 9.78. The molecule has 0 bridgehead atoms. The third-order valence-corrected chi connectivity index (χ3v) is 4.89. The molecule has 0 aliphatic carbocycles. The van der Waals surface area contributed by atoms with Crippen LogP contribution >= 0.6 is 7.60 Å². The van der Waals surface area contributed by atoms with E-state index < -0.39 is 25.0 Å². The quantitative estimate of drug-likeness (QED) is 0.556. The van der Waals surface area contributed by atoms with Crippen LogP contribution in [0.1, 0.15) is 20.3 Å². The fourth-order valence-corrected chi connectivity index (χ4v) is 2.63. The maximum Gasteiger partial charge on any atom is 0.343 e. The van der Waals surface area contributed by atoms with Crippen molar-refractivity contribution in [2.75, 3.05) is 20.8 Å². The van der Waals surface area contributed by atoms with Crippen molar-refractivity contribution in [1.29, 1.82) is 0 Å². The maximum absolute atomic E-state index is 11.8. The molecule has 0 aromatic rings. The fraction of sp³-hybridized carbons (Fsp3) is 0.833. The van der Waals surface area contributed by atoms with E-state index in [2.05, 4.69) is 4.52 Å². The van der Waals surface area contributed by atoms with E-state index in [0.29, 0.717) is 0 Å². The number of hydrogen-bond acceptors (Lipinski definition) is 5. The zero-order valence-electron chi connectivity index (χ0n) is 12.8. The normalized spacial score (nSPS) is 31.6. The van der Waals surface area contributed by atoms with Gasteiger partial charge in [0.1, 0.15) is 27.9 Å². The van der Waals surface area contributed by atoms with E-state index in [-0.39, 0.29) is 24.3 Å². The molecule has 6 nitrogen and oxygen atoms in total. The van der Waals surface area contributed by atoms with Gasteiger partial charge in [-0.05, 0) is 18.6 Å². The molecule has 1 heterocycles. The van der Waals surface area contributed by atoms with Crippen LogP contribution in [0.2, 0.25) is 0 Å². The molecule has 1 saturated heterocycles. The summed E-state index contributed by atoms with van der Waals surface area (Å²) in [7, 11) is 10.0. The van der Waals surface area contributed by atoms with Crippen molar-refractivity contribution in [3.05, 3.63) is 10.7 Å². The van der Waals surface area contributed by atoms with Crippen molar-refractivity contribution in [2.45, 2.75) is 44.7 Å². The van der Waals surface area contributed by atoms with Gasteiger partial charge < -0.3 is 23.6 Å². The molecule has 116 valence electrons. The maximum atomic E-state index is 11.8. The molecular formula is C12H21B2O6P. The van der Waals surface area contributed by atoms with E-state index in [1.807, 2.05) is 13.8 Å². The van der Waals surface area contributed by atoms with Gasteiger partial charge in [-0.3, -0.25) is 4.57 Å². The van der Waals surface area contributed by atoms with Crippen LogP contribution in [0.4, 0.5) is 0 Å². The SMILES string of the molecule is [B]/C(=C(/[B])P(=O)(O)OC)[C@H]1OC[C@H](OC)[C@@H]1OC(C)CC. The van der Waals surface area contributed by atoms with Crippen LogP contribution in [-0.4, -0.2) is 65.8 Å². The Labute approximate surface area is 128 Å². The highest BCUT2D eigenvalue weighted by Crippen LogP contribution is 2.50. The van der Waals surface area contributed by atoms with E-state index >= 15 is 0 Å². The predicted octanol–water partition coefficient (Wildman–Crippen LogP) is 0.922. The second-order valence-electron chi connectivity index (χ2n) is 4.89. The largest absolute Gasteiger partial charge is 0.376 e. The highest BCUT2D eigenvalue weighted by molar-refractivity contribution is 7.60. The summed E-state index contributed by atoms with van der Waals surface area (Å²) in [5.41, 5.74) is -0.0597. The van der Waals surface area contributed by atoms with Gasteiger partial charge in [-0.2, -0.15) is 0 Å². The van der Waals surface area contributed by atoms with Crippen molar-refractivity contribution in [3.8, 4) is 0 Å². The van der Waals surface area contributed by atoms with Gasteiger partial charge in [0.05, 0.1) is 18.8 Å². The molecule has 0 amide bonds. The highest BCUT2D eigenvalue weighted by Gasteiger charge is 2.41. The number of rotatable bonds is 7. The number of ether oxygens (including phenoxy) is 3. The van der Waals surface area contributed by atoms with Gasteiger partial charge in [0.2, 0.25) is 0 Å². The van der Waals surface area contributed by atoms with E-state index in [1.54, 1.807) is 7.11 Å². The molecule has 1 N–H and O–H groups in total. The van der Waals surface area contributed by atoms with Crippen molar-refractivity contribution >= 4 is 23.3 Å². The fourth-order valence-electron chi connectivity index (χ4n) is 1.98. The van der Waals surface area contributed by atoms with Crippen LogP contribution in [0.15, 0.2) is 10.7 Å². The summed E-state index contributed by atoms with van der Waals surface area (Å²) in [6, 6.07) is 0. The Morgan fingerprint density at radius 3 is 2.57 bits per heavy atom. The monoisotopic (exact) mass is 314 g/mol. The van der Waals surface area contributed by atoms with E-state index in [1.165, 1.54) is 0 Å². The molecule has 2 unspecified atom stereocenters. The summed E-state index contributed by atoms with van der Waals surface area (Å²) in [6.45, 7) is 4.16. The van der Waals surface area contributed by atoms with Gasteiger partial charge in [-0.1, -0.05) is 12.4 Å². The van der Waals surface area contributed by atoms with E-state index in [9.17, 15) is 9.46 Å². The van der Waals surface area contributed by atoms with Crippen LogP contribution in [0, 0.1) is 0 Å². The van der Waals surface area contributed by atoms with Gasteiger partial charge in [0.15, 0.2) is 0 Å². The first-order valence-corrected chi connectivity index (χ1v) is 8.30. The summed E-state index contributed by atoms with van der Waals surface area (Å²) >= 11 is 0. The first-order valence-electron chi connectivity index (χ1n) is 6.72. The van der Waals surface area contributed by atoms with Crippen molar-refractivity contribution < 1.29 is 28.2 Å². The minimum atomic E-state index is -4.11. The Kier molecular flexibility index (Phi) is 7.17. The average molecular weight is 314 g/mol. The van der Waals surface area contributed by atoms with Gasteiger partial charge in [0.25, 0.3) is 0 Å². The third kappa shape index (κ3) is 4.44. The molecule has 1 aliphatic rings. The lowest BCUT2D eigenvalue weighted by Gasteiger charge is -2.28. The molecule has 0 aromatic carbocycles. The van der Waals surface area contributed by atoms with Crippen LogP contribution in [0.3, 0.4) is 0 Å². The van der Waals surface area contributed by atoms with Crippen molar-refractivity contribution in [1.82, 2.24) is 0 Å². The zero-order chi connectivity index (χ0) is 16.2. The van der Waals surface area contributed by atoms with Gasteiger partial charge in [0, 0.05) is 14.2 Å². The third-order valence-electron chi connectivity index (χ3n) is 3.53. The minimum absolute atomic E-state index is 0.0331. The smallest absolute Gasteiger partial charge is 0.343 e. The highest BCUT2D eigenvalue weighted by atomic mass is 31.2. The number of methoxy groups -OCH3 is 1. The number of hydrogen-bond donors (Lipinski definition) is 1. The van der Waals surface area contributed by atoms with Crippen LogP contribution in [0.25, 0.3) is 0 Å². The Hall–Kier alpha value is -0.100. The topological polar surface area (TPSA) is 74.2 Å². The van der Waals surface area contributed by atoms with Gasteiger partial charge >= 0.3 is 7.60 Å². The van der Waals surface area contributed by atoms with Crippen LogP contribution in [-0.2, 0) is 23.3 Å². The lowest BCUT2D eigenvalue weighted by Crippen LogP contribution is -2.38. The Bertz CT molecular complexity index is 430. The molecule has 1 aliphatic heterocycles. The molecule has 1 rings (SSSR count). The van der Waals surface area contributed by atoms with Gasteiger partial charge in [-0.25, -0.2) is 0 Å². The molecule has 4 radical (unpaired) electrons. The average Bonchev–Trinajstić information content (AvgIpc) is 2.87. The van der Waals surface area contributed by atoms with E-state index in [0.717, 1.165) is 13.5 Å². The molecule has 0 saturated carbocycles. The molecule has 9 heteroatoms. The lowest BCUT2D eigenvalue weighted by molar-refractivity contribution is -0.0734. The molecular weight excluding hydrogens is 293 g/mol. The summed E-state index contributed by atoms with van der Waals surface area (Å²) in [4.78, 5) is 9.60. The summed E-state index contributed by atoms with van der Waals surface area (Å²) in [6.07, 6.45) is -0.805. The Balaban J connectivity index is 3.03. The summed E-state index contributed by atoms with van der Waals surface area (Å²) in [5.74, 6) is 0. The first kappa shape index (κ1) is 18.9. The van der Waals surface area contributed by atoms with Crippen molar-refractivity contribution in [3.63, 3.8) is 0 Å². The second kappa shape index (κ2) is 7.95. The van der Waals surface area contributed by atoms with Gasteiger partial charge in [-0.15, -0.1) is 0 Å². The molecule has 0 aromatic heterocycles.